The highest BCUT2D eigenvalue weighted by atomic mass is 19.3. The highest BCUT2D eigenvalue weighted by molar-refractivity contribution is 5.97. The summed E-state index contributed by atoms with van der Waals surface area (Å²) in [5.74, 6) is -4.68. The number of carbonyl (C=O) groups excluding carboxylic acids is 2. The molecule has 0 aromatic heterocycles. The van der Waals surface area contributed by atoms with Crippen LogP contribution < -0.4 is 0 Å². The van der Waals surface area contributed by atoms with Crippen molar-refractivity contribution in [3.63, 3.8) is 0 Å². The Labute approximate surface area is 86.8 Å². The minimum absolute atomic E-state index is 0.178. The first kappa shape index (κ1) is 12.1. The predicted molar refractivity (Wildman–Crippen MR) is 48.5 cm³/mol. The van der Waals surface area contributed by atoms with E-state index in [1.165, 1.54) is 14.0 Å². The molecule has 0 N–H and O–H groups in total. The van der Waals surface area contributed by atoms with Gasteiger partial charge < -0.3 is 4.74 Å². The molecule has 0 saturated heterocycles. The van der Waals surface area contributed by atoms with Gasteiger partial charge in [-0.05, 0) is 19.3 Å². The standard InChI is InChI=1S/C10H14F2O3/c1-6(13)8(9(14)15-2)3-7-4-10(11,12)5-7/h7-8H,3-5H2,1-2H3. The van der Waals surface area contributed by atoms with Crippen LogP contribution >= 0.6 is 0 Å². The summed E-state index contributed by atoms with van der Waals surface area (Å²) in [5, 5.41) is 0. The monoisotopic (exact) mass is 220 g/mol. The number of ether oxygens (including phenoxy) is 1. The first-order valence-corrected chi connectivity index (χ1v) is 4.82. The number of ketones is 1. The smallest absolute Gasteiger partial charge is 0.316 e. The van der Waals surface area contributed by atoms with Gasteiger partial charge in [0.05, 0.1) is 7.11 Å². The van der Waals surface area contributed by atoms with E-state index < -0.39 is 17.8 Å². The van der Waals surface area contributed by atoms with Crippen LogP contribution in [0.3, 0.4) is 0 Å². The van der Waals surface area contributed by atoms with E-state index in [1.54, 1.807) is 0 Å². The molecule has 1 aliphatic carbocycles. The van der Waals surface area contributed by atoms with Gasteiger partial charge in [-0.1, -0.05) is 0 Å². The van der Waals surface area contributed by atoms with Crippen molar-refractivity contribution in [3.8, 4) is 0 Å². The summed E-state index contributed by atoms with van der Waals surface area (Å²) in [6.07, 6.45) is -0.279. The van der Waals surface area contributed by atoms with Gasteiger partial charge in [-0.2, -0.15) is 0 Å². The number of alkyl halides is 2. The van der Waals surface area contributed by atoms with Crippen molar-refractivity contribution in [2.75, 3.05) is 7.11 Å². The molecule has 1 unspecified atom stereocenters. The van der Waals surface area contributed by atoms with Gasteiger partial charge in [-0.15, -0.1) is 0 Å². The summed E-state index contributed by atoms with van der Waals surface area (Å²) in [7, 11) is 1.19. The molecule has 0 aromatic carbocycles. The Hall–Kier alpha value is -1.00. The summed E-state index contributed by atoms with van der Waals surface area (Å²) >= 11 is 0. The zero-order valence-corrected chi connectivity index (χ0v) is 8.76. The first-order valence-electron chi connectivity index (χ1n) is 4.82. The van der Waals surface area contributed by atoms with Crippen molar-refractivity contribution in [1.82, 2.24) is 0 Å². The molecular formula is C10H14F2O3. The summed E-state index contributed by atoms with van der Waals surface area (Å²) in [5.41, 5.74) is 0. The van der Waals surface area contributed by atoms with E-state index in [9.17, 15) is 18.4 Å². The van der Waals surface area contributed by atoms with Gasteiger partial charge >= 0.3 is 5.97 Å². The number of rotatable bonds is 4. The maximum absolute atomic E-state index is 12.5. The molecule has 3 nitrogen and oxygen atoms in total. The van der Waals surface area contributed by atoms with Gasteiger partial charge in [0.2, 0.25) is 5.92 Å². The van der Waals surface area contributed by atoms with Crippen LogP contribution in [0, 0.1) is 11.8 Å². The van der Waals surface area contributed by atoms with Crippen LogP contribution in [0.1, 0.15) is 26.2 Å². The molecule has 0 amide bonds. The zero-order chi connectivity index (χ0) is 11.6. The molecule has 0 aliphatic heterocycles. The molecule has 0 radical (unpaired) electrons. The lowest BCUT2D eigenvalue weighted by Crippen LogP contribution is -2.38. The van der Waals surface area contributed by atoms with E-state index >= 15 is 0 Å². The second-order valence-electron chi connectivity index (χ2n) is 4.05. The Morgan fingerprint density at radius 2 is 2.00 bits per heavy atom. The van der Waals surface area contributed by atoms with Crippen molar-refractivity contribution >= 4 is 11.8 Å². The summed E-state index contributed by atoms with van der Waals surface area (Å²) in [4.78, 5) is 22.3. The largest absolute Gasteiger partial charge is 0.468 e. The van der Waals surface area contributed by atoms with Crippen molar-refractivity contribution < 1.29 is 23.1 Å². The third-order valence-electron chi connectivity index (χ3n) is 2.72. The molecule has 1 saturated carbocycles. The van der Waals surface area contributed by atoms with Crippen LogP contribution in [0.4, 0.5) is 8.78 Å². The van der Waals surface area contributed by atoms with Gasteiger partial charge in [0.25, 0.3) is 0 Å². The molecule has 86 valence electrons. The maximum Gasteiger partial charge on any atom is 0.316 e. The number of Topliss-reactive ketones (excluding diaryl/α,β-unsaturated/α-hetero) is 1. The fraction of sp³-hybridized carbons (Fsp3) is 0.800. The molecular weight excluding hydrogens is 206 g/mol. The van der Waals surface area contributed by atoms with Gasteiger partial charge in [-0.3, -0.25) is 9.59 Å². The minimum Gasteiger partial charge on any atom is -0.468 e. The topological polar surface area (TPSA) is 43.4 Å². The molecule has 15 heavy (non-hydrogen) atoms. The fourth-order valence-corrected chi connectivity index (χ4v) is 1.86. The summed E-state index contributed by atoms with van der Waals surface area (Å²) < 4.78 is 29.5. The van der Waals surface area contributed by atoms with E-state index in [1.807, 2.05) is 0 Å². The van der Waals surface area contributed by atoms with E-state index in [2.05, 4.69) is 4.74 Å². The van der Waals surface area contributed by atoms with Gasteiger partial charge in [0, 0.05) is 12.8 Å². The summed E-state index contributed by atoms with van der Waals surface area (Å²) in [6, 6.07) is 0. The quantitative estimate of drug-likeness (QED) is 0.536. The Bertz CT molecular complexity index is 268. The number of carbonyl (C=O) groups is 2. The number of methoxy groups -OCH3 is 1. The average Bonchev–Trinajstić information content (AvgIpc) is 2.09. The lowest BCUT2D eigenvalue weighted by molar-refractivity contribution is -0.154. The molecule has 0 spiro atoms. The normalized spacial score (nSPS) is 21.6. The van der Waals surface area contributed by atoms with Crippen LogP contribution in [-0.2, 0) is 14.3 Å². The van der Waals surface area contributed by atoms with Crippen LogP contribution in [0.5, 0.6) is 0 Å². The summed E-state index contributed by atoms with van der Waals surface area (Å²) in [6.45, 7) is 1.28. The average molecular weight is 220 g/mol. The molecule has 0 bridgehead atoms. The predicted octanol–water partition coefficient (Wildman–Crippen LogP) is 1.80. The maximum atomic E-state index is 12.5. The van der Waals surface area contributed by atoms with Crippen molar-refractivity contribution in [2.45, 2.75) is 32.1 Å². The van der Waals surface area contributed by atoms with Crippen LogP contribution in [-0.4, -0.2) is 24.8 Å². The second-order valence-corrected chi connectivity index (χ2v) is 4.05. The van der Waals surface area contributed by atoms with Crippen LogP contribution in [0.15, 0.2) is 0 Å². The molecule has 5 heteroatoms. The Kier molecular flexibility index (Phi) is 3.42. The number of halogens is 2. The van der Waals surface area contributed by atoms with E-state index in [0.717, 1.165) is 0 Å². The number of esters is 1. The van der Waals surface area contributed by atoms with Crippen LogP contribution in [0.2, 0.25) is 0 Å². The Morgan fingerprint density at radius 1 is 1.47 bits per heavy atom. The Morgan fingerprint density at radius 3 is 2.33 bits per heavy atom. The van der Waals surface area contributed by atoms with Gasteiger partial charge in [0.15, 0.2) is 0 Å². The number of hydrogen-bond donors (Lipinski definition) is 0. The molecule has 0 aromatic rings. The SMILES string of the molecule is COC(=O)C(CC1CC(F)(F)C1)C(C)=O. The molecule has 1 fully saturated rings. The minimum atomic E-state index is -2.61. The Balaban J connectivity index is 2.47. The third kappa shape index (κ3) is 2.97. The second kappa shape index (κ2) is 4.24. The lowest BCUT2D eigenvalue weighted by Gasteiger charge is -2.36. The molecule has 1 atom stereocenters. The molecule has 1 aliphatic rings. The van der Waals surface area contributed by atoms with E-state index in [4.69, 9.17) is 0 Å². The zero-order valence-electron chi connectivity index (χ0n) is 8.76. The molecule has 0 heterocycles. The lowest BCUT2D eigenvalue weighted by atomic mass is 9.75. The van der Waals surface area contributed by atoms with Crippen molar-refractivity contribution in [2.24, 2.45) is 11.8 Å². The first-order chi connectivity index (χ1) is 6.85. The van der Waals surface area contributed by atoms with Crippen molar-refractivity contribution in [3.05, 3.63) is 0 Å². The number of hydrogen-bond acceptors (Lipinski definition) is 3. The van der Waals surface area contributed by atoms with E-state index in [-0.39, 0.29) is 31.0 Å². The van der Waals surface area contributed by atoms with Crippen molar-refractivity contribution in [1.29, 1.82) is 0 Å². The van der Waals surface area contributed by atoms with Gasteiger partial charge in [-0.25, -0.2) is 8.78 Å². The fourth-order valence-electron chi connectivity index (χ4n) is 1.86. The highest BCUT2D eigenvalue weighted by Crippen LogP contribution is 2.45. The molecule has 1 rings (SSSR count). The third-order valence-corrected chi connectivity index (χ3v) is 2.72. The highest BCUT2D eigenvalue weighted by Gasteiger charge is 2.46. The van der Waals surface area contributed by atoms with E-state index in [0.29, 0.717) is 0 Å². The van der Waals surface area contributed by atoms with Gasteiger partial charge in [0.1, 0.15) is 11.7 Å². The van der Waals surface area contributed by atoms with Crippen LogP contribution in [0.25, 0.3) is 0 Å².